The molecule has 1 heterocycles. The fourth-order valence-corrected chi connectivity index (χ4v) is 1.97. The van der Waals surface area contributed by atoms with Gasteiger partial charge in [-0.1, -0.05) is 0 Å². The molecular weight excluding hydrogens is 198 g/mol. The van der Waals surface area contributed by atoms with Crippen molar-refractivity contribution < 1.29 is 4.79 Å². The quantitative estimate of drug-likeness (QED) is 0.549. The SMILES string of the molecule is CN1CCc2cc(C(=O)CCl)ccc21. The number of carbonyl (C=O) groups excluding carboxylic acids is 1. The van der Waals surface area contributed by atoms with Crippen LogP contribution in [0.25, 0.3) is 0 Å². The number of halogens is 1. The number of fused-ring (bicyclic) bond motifs is 1. The highest BCUT2D eigenvalue weighted by Gasteiger charge is 2.16. The molecule has 74 valence electrons. The van der Waals surface area contributed by atoms with Crippen molar-refractivity contribution >= 4 is 23.1 Å². The van der Waals surface area contributed by atoms with Gasteiger partial charge in [0, 0.05) is 24.8 Å². The topological polar surface area (TPSA) is 20.3 Å². The molecule has 0 saturated carbocycles. The third-order valence-corrected chi connectivity index (χ3v) is 2.89. The molecule has 0 fully saturated rings. The summed E-state index contributed by atoms with van der Waals surface area (Å²) in [4.78, 5) is 13.5. The molecule has 0 aliphatic carbocycles. The molecule has 1 aliphatic heterocycles. The zero-order valence-electron chi connectivity index (χ0n) is 8.09. The Kier molecular flexibility index (Phi) is 2.46. The number of Topliss-reactive ketones (excluding diaryl/α,β-unsaturated/α-hetero) is 1. The van der Waals surface area contributed by atoms with Gasteiger partial charge in [-0.3, -0.25) is 4.79 Å². The fraction of sp³-hybridized carbons (Fsp3) is 0.364. The van der Waals surface area contributed by atoms with Crippen LogP contribution in [0.3, 0.4) is 0 Å². The Labute approximate surface area is 88.5 Å². The van der Waals surface area contributed by atoms with Crippen LogP contribution < -0.4 is 4.90 Å². The normalized spacial score (nSPS) is 14.3. The summed E-state index contributed by atoms with van der Waals surface area (Å²) in [5.74, 6) is 0.0678. The Morgan fingerprint density at radius 3 is 3.07 bits per heavy atom. The molecule has 0 spiro atoms. The first-order valence-corrected chi connectivity index (χ1v) is 5.19. The molecule has 3 heteroatoms. The van der Waals surface area contributed by atoms with E-state index in [1.165, 1.54) is 11.3 Å². The lowest BCUT2D eigenvalue weighted by Crippen LogP contribution is -2.12. The maximum absolute atomic E-state index is 11.3. The van der Waals surface area contributed by atoms with Crippen LogP contribution in [0.15, 0.2) is 18.2 Å². The Balaban J connectivity index is 2.37. The number of alkyl halides is 1. The van der Waals surface area contributed by atoms with Gasteiger partial charge in [0.05, 0.1) is 5.88 Å². The molecular formula is C11H12ClNO. The Morgan fingerprint density at radius 1 is 1.57 bits per heavy atom. The van der Waals surface area contributed by atoms with E-state index in [2.05, 4.69) is 11.9 Å². The molecule has 0 unspecified atom stereocenters. The smallest absolute Gasteiger partial charge is 0.177 e. The van der Waals surface area contributed by atoms with Crippen LogP contribution in [-0.4, -0.2) is 25.3 Å². The molecule has 0 amide bonds. The van der Waals surface area contributed by atoms with Gasteiger partial charge >= 0.3 is 0 Å². The standard InChI is InChI=1S/C11H12ClNO/c1-13-5-4-8-6-9(11(14)7-12)2-3-10(8)13/h2-3,6H,4-5,7H2,1H3. The van der Waals surface area contributed by atoms with Gasteiger partial charge in [0.1, 0.15) is 0 Å². The van der Waals surface area contributed by atoms with Gasteiger partial charge in [-0.15, -0.1) is 11.6 Å². The van der Waals surface area contributed by atoms with Crippen LogP contribution in [0.2, 0.25) is 0 Å². The molecule has 1 aromatic rings. The summed E-state index contributed by atoms with van der Waals surface area (Å²) in [5.41, 5.74) is 3.22. The minimum atomic E-state index is 0.00372. The van der Waals surface area contributed by atoms with E-state index in [-0.39, 0.29) is 11.7 Å². The van der Waals surface area contributed by atoms with Crippen LogP contribution in [0.1, 0.15) is 15.9 Å². The van der Waals surface area contributed by atoms with E-state index in [9.17, 15) is 4.79 Å². The number of likely N-dealkylation sites (N-methyl/N-ethyl adjacent to an activating group) is 1. The van der Waals surface area contributed by atoms with Crippen LogP contribution in [-0.2, 0) is 6.42 Å². The minimum Gasteiger partial charge on any atom is -0.374 e. The number of hydrogen-bond acceptors (Lipinski definition) is 2. The lowest BCUT2D eigenvalue weighted by atomic mass is 10.1. The van der Waals surface area contributed by atoms with Gasteiger partial charge in [-0.05, 0) is 30.2 Å². The number of hydrogen-bond donors (Lipinski definition) is 0. The van der Waals surface area contributed by atoms with E-state index in [1.54, 1.807) is 0 Å². The highest BCUT2D eigenvalue weighted by molar-refractivity contribution is 6.30. The lowest BCUT2D eigenvalue weighted by molar-refractivity contribution is 0.102. The monoisotopic (exact) mass is 209 g/mol. The van der Waals surface area contributed by atoms with Crippen LogP contribution >= 0.6 is 11.6 Å². The number of nitrogens with zero attached hydrogens (tertiary/aromatic N) is 1. The molecule has 0 aromatic heterocycles. The van der Waals surface area contributed by atoms with E-state index in [1.807, 2.05) is 18.2 Å². The Bertz CT molecular complexity index is 376. The third kappa shape index (κ3) is 1.50. The highest BCUT2D eigenvalue weighted by atomic mass is 35.5. The highest BCUT2D eigenvalue weighted by Crippen LogP contribution is 2.27. The summed E-state index contributed by atoms with van der Waals surface area (Å²) in [7, 11) is 2.06. The number of benzene rings is 1. The van der Waals surface area contributed by atoms with Crippen molar-refractivity contribution in [1.82, 2.24) is 0 Å². The number of rotatable bonds is 2. The maximum atomic E-state index is 11.3. The lowest BCUT2D eigenvalue weighted by Gasteiger charge is -2.11. The summed E-state index contributed by atoms with van der Waals surface area (Å²) < 4.78 is 0. The van der Waals surface area contributed by atoms with Gasteiger partial charge < -0.3 is 4.90 Å². The molecule has 0 N–H and O–H groups in total. The van der Waals surface area contributed by atoms with E-state index in [4.69, 9.17) is 11.6 Å². The Morgan fingerprint density at radius 2 is 2.36 bits per heavy atom. The average molecular weight is 210 g/mol. The zero-order chi connectivity index (χ0) is 10.1. The van der Waals surface area contributed by atoms with Crippen molar-refractivity contribution in [2.45, 2.75) is 6.42 Å². The van der Waals surface area contributed by atoms with Gasteiger partial charge in [0.15, 0.2) is 5.78 Å². The molecule has 1 aromatic carbocycles. The third-order valence-electron chi connectivity index (χ3n) is 2.65. The number of anilines is 1. The predicted molar refractivity (Wildman–Crippen MR) is 58.5 cm³/mol. The summed E-state index contributed by atoms with van der Waals surface area (Å²) in [6.45, 7) is 1.04. The molecule has 2 rings (SSSR count). The average Bonchev–Trinajstić information content (AvgIpc) is 2.59. The largest absolute Gasteiger partial charge is 0.374 e. The van der Waals surface area contributed by atoms with Crippen molar-refractivity contribution in [2.75, 3.05) is 24.4 Å². The van der Waals surface area contributed by atoms with Gasteiger partial charge in [0.2, 0.25) is 0 Å². The first-order valence-electron chi connectivity index (χ1n) is 4.65. The van der Waals surface area contributed by atoms with E-state index in [0.717, 1.165) is 18.5 Å². The first kappa shape index (κ1) is 9.53. The van der Waals surface area contributed by atoms with Crippen molar-refractivity contribution in [3.05, 3.63) is 29.3 Å². The van der Waals surface area contributed by atoms with Gasteiger partial charge in [-0.25, -0.2) is 0 Å². The first-order chi connectivity index (χ1) is 6.72. The number of ketones is 1. The maximum Gasteiger partial charge on any atom is 0.177 e. The molecule has 0 atom stereocenters. The summed E-state index contributed by atoms with van der Waals surface area (Å²) >= 11 is 5.51. The molecule has 0 radical (unpaired) electrons. The van der Waals surface area contributed by atoms with E-state index < -0.39 is 0 Å². The zero-order valence-corrected chi connectivity index (χ0v) is 8.84. The number of carbonyl (C=O) groups is 1. The molecule has 14 heavy (non-hydrogen) atoms. The molecule has 0 saturated heterocycles. The van der Waals surface area contributed by atoms with Crippen molar-refractivity contribution in [3.63, 3.8) is 0 Å². The fourth-order valence-electron chi connectivity index (χ4n) is 1.82. The van der Waals surface area contributed by atoms with Gasteiger partial charge in [-0.2, -0.15) is 0 Å². The van der Waals surface area contributed by atoms with Crippen LogP contribution in [0, 0.1) is 0 Å². The second-order valence-electron chi connectivity index (χ2n) is 3.57. The molecule has 2 nitrogen and oxygen atoms in total. The van der Waals surface area contributed by atoms with E-state index >= 15 is 0 Å². The molecule has 0 bridgehead atoms. The Hall–Kier alpha value is -1.02. The van der Waals surface area contributed by atoms with Crippen molar-refractivity contribution in [3.8, 4) is 0 Å². The second kappa shape index (κ2) is 3.62. The summed E-state index contributed by atoms with van der Waals surface area (Å²) in [6, 6.07) is 5.82. The minimum absolute atomic E-state index is 0.00372. The predicted octanol–water partition coefficient (Wildman–Crippen LogP) is 2.10. The summed E-state index contributed by atoms with van der Waals surface area (Å²) in [6.07, 6.45) is 1.02. The van der Waals surface area contributed by atoms with Crippen molar-refractivity contribution in [2.24, 2.45) is 0 Å². The second-order valence-corrected chi connectivity index (χ2v) is 3.84. The van der Waals surface area contributed by atoms with Gasteiger partial charge in [0.25, 0.3) is 0 Å². The van der Waals surface area contributed by atoms with Crippen molar-refractivity contribution in [1.29, 1.82) is 0 Å². The summed E-state index contributed by atoms with van der Waals surface area (Å²) in [5, 5.41) is 0. The van der Waals surface area contributed by atoms with Crippen LogP contribution in [0.5, 0.6) is 0 Å². The van der Waals surface area contributed by atoms with Crippen LogP contribution in [0.4, 0.5) is 5.69 Å². The molecule has 1 aliphatic rings. The van der Waals surface area contributed by atoms with E-state index in [0.29, 0.717) is 0 Å².